The van der Waals surface area contributed by atoms with Gasteiger partial charge in [-0.25, -0.2) is 0 Å². The molecule has 0 saturated heterocycles. The molecular weight excluding hydrogens is 280 g/mol. The Kier molecular flexibility index (Phi) is 7.99. The van der Waals surface area contributed by atoms with Crippen molar-refractivity contribution in [3.63, 3.8) is 0 Å². The molecule has 1 heteroatoms. The molecule has 1 nitrogen and oxygen atoms in total. The first kappa shape index (κ1) is 18.9. The largest absolute Gasteiger partial charge is 0.512 e. The van der Waals surface area contributed by atoms with Crippen molar-refractivity contribution in [1.29, 1.82) is 0 Å². The highest BCUT2D eigenvalue weighted by molar-refractivity contribution is 5.16. The van der Waals surface area contributed by atoms with E-state index in [2.05, 4.69) is 13.8 Å². The summed E-state index contributed by atoms with van der Waals surface area (Å²) in [5, 5.41) is 10.8. The van der Waals surface area contributed by atoms with Gasteiger partial charge in [0.15, 0.2) is 0 Å². The summed E-state index contributed by atoms with van der Waals surface area (Å²) in [5.41, 5.74) is 1.84. The molecule has 23 heavy (non-hydrogen) atoms. The fraction of sp³-hybridized carbons (Fsp3) is 0.909. The van der Waals surface area contributed by atoms with Crippen LogP contribution < -0.4 is 0 Å². The van der Waals surface area contributed by atoms with Crippen LogP contribution in [0.15, 0.2) is 11.3 Å². The fourth-order valence-corrected chi connectivity index (χ4v) is 4.85. The molecule has 0 amide bonds. The molecule has 2 rings (SSSR count). The molecule has 0 aromatic rings. The number of rotatable bonds is 1. The molecular formula is C22H40O. The Morgan fingerprint density at radius 1 is 0.696 bits per heavy atom. The van der Waals surface area contributed by atoms with Gasteiger partial charge in [-0.05, 0) is 49.0 Å². The molecule has 0 aromatic carbocycles. The Hall–Kier alpha value is -0.460. The minimum atomic E-state index is 0.395. The van der Waals surface area contributed by atoms with Gasteiger partial charge in [-0.2, -0.15) is 0 Å². The van der Waals surface area contributed by atoms with Crippen LogP contribution in [0.4, 0.5) is 0 Å². The summed E-state index contributed by atoms with van der Waals surface area (Å²) in [7, 11) is 0. The van der Waals surface area contributed by atoms with Gasteiger partial charge < -0.3 is 5.11 Å². The van der Waals surface area contributed by atoms with E-state index in [1.807, 2.05) is 0 Å². The highest BCUT2D eigenvalue weighted by atomic mass is 16.3. The van der Waals surface area contributed by atoms with E-state index in [1.165, 1.54) is 95.5 Å². The Bertz CT molecular complexity index is 366. The van der Waals surface area contributed by atoms with Crippen molar-refractivity contribution < 1.29 is 5.11 Å². The maximum Gasteiger partial charge on any atom is 0.0917 e. The molecule has 1 atom stereocenters. The normalized spacial score (nSPS) is 29.0. The maximum atomic E-state index is 10.8. The van der Waals surface area contributed by atoms with E-state index in [4.69, 9.17) is 0 Å². The van der Waals surface area contributed by atoms with Gasteiger partial charge in [0.2, 0.25) is 0 Å². The summed E-state index contributed by atoms with van der Waals surface area (Å²) in [6.07, 6.45) is 21.0. The Balaban J connectivity index is 2.00. The summed E-state index contributed by atoms with van der Waals surface area (Å²) < 4.78 is 0. The first-order valence-corrected chi connectivity index (χ1v) is 10.5. The van der Waals surface area contributed by atoms with Crippen molar-refractivity contribution >= 4 is 0 Å². The molecule has 1 saturated carbocycles. The smallest absolute Gasteiger partial charge is 0.0917 e. The van der Waals surface area contributed by atoms with Crippen LogP contribution >= 0.6 is 0 Å². The van der Waals surface area contributed by atoms with Crippen LogP contribution in [0.5, 0.6) is 0 Å². The Morgan fingerprint density at radius 3 is 1.65 bits per heavy atom. The van der Waals surface area contributed by atoms with Crippen molar-refractivity contribution in [3.8, 4) is 0 Å². The molecule has 0 radical (unpaired) electrons. The van der Waals surface area contributed by atoms with E-state index in [0.29, 0.717) is 11.3 Å². The Labute approximate surface area is 144 Å². The molecule has 2 aliphatic rings. The second-order valence-corrected chi connectivity index (χ2v) is 8.79. The van der Waals surface area contributed by atoms with E-state index in [0.717, 1.165) is 18.6 Å². The van der Waals surface area contributed by atoms with Crippen LogP contribution in [0, 0.1) is 11.3 Å². The lowest BCUT2D eigenvalue weighted by Crippen LogP contribution is -2.21. The van der Waals surface area contributed by atoms with Crippen LogP contribution in [0.3, 0.4) is 0 Å². The van der Waals surface area contributed by atoms with E-state index in [9.17, 15) is 5.11 Å². The molecule has 0 aliphatic heterocycles. The zero-order chi connectivity index (χ0) is 16.5. The molecule has 0 heterocycles. The standard InChI is InChI=1S/C22H40O/c1-22(2)18-14-16-20(22)19-15-12-10-8-6-4-3-5-7-9-11-13-17-21(19)23/h20,23H,3-18H2,1-2H3. The van der Waals surface area contributed by atoms with Crippen LogP contribution in [0.1, 0.15) is 117 Å². The summed E-state index contributed by atoms with van der Waals surface area (Å²) in [6.45, 7) is 4.83. The minimum Gasteiger partial charge on any atom is -0.512 e. The first-order valence-electron chi connectivity index (χ1n) is 10.5. The number of hydrogen-bond acceptors (Lipinski definition) is 1. The lowest BCUT2D eigenvalue weighted by molar-refractivity contribution is 0.269. The zero-order valence-electron chi connectivity index (χ0n) is 15.8. The van der Waals surface area contributed by atoms with Crippen molar-refractivity contribution in [2.45, 2.75) is 117 Å². The summed E-state index contributed by atoms with van der Waals surface area (Å²) in [5.74, 6) is 1.41. The van der Waals surface area contributed by atoms with Crippen LogP contribution in [0.2, 0.25) is 0 Å². The van der Waals surface area contributed by atoms with Crippen molar-refractivity contribution in [3.05, 3.63) is 11.3 Å². The van der Waals surface area contributed by atoms with Crippen LogP contribution in [-0.2, 0) is 0 Å². The first-order chi connectivity index (χ1) is 11.1. The predicted octanol–water partition coefficient (Wildman–Crippen LogP) is 7.71. The van der Waals surface area contributed by atoms with Gasteiger partial charge in [-0.15, -0.1) is 0 Å². The average Bonchev–Trinajstić information content (AvgIpc) is 2.85. The van der Waals surface area contributed by atoms with Gasteiger partial charge >= 0.3 is 0 Å². The number of allylic oxidation sites excluding steroid dienone is 2. The Morgan fingerprint density at radius 2 is 1.17 bits per heavy atom. The second-order valence-electron chi connectivity index (χ2n) is 8.79. The zero-order valence-corrected chi connectivity index (χ0v) is 15.8. The summed E-state index contributed by atoms with van der Waals surface area (Å²) in [4.78, 5) is 0. The van der Waals surface area contributed by atoms with E-state index < -0.39 is 0 Å². The third-order valence-corrected chi connectivity index (χ3v) is 6.41. The SMILES string of the molecule is CC1(C)CCCC1C1=C(O)CCCCCCCCCCCCC1. The minimum absolute atomic E-state index is 0.395. The number of aliphatic hydroxyl groups excluding tert-OH is 1. The van der Waals surface area contributed by atoms with Crippen LogP contribution in [0.25, 0.3) is 0 Å². The average molecular weight is 321 g/mol. The molecule has 0 aromatic heterocycles. The molecule has 0 spiro atoms. The molecule has 0 bridgehead atoms. The van der Waals surface area contributed by atoms with Crippen molar-refractivity contribution in [1.82, 2.24) is 0 Å². The van der Waals surface area contributed by atoms with E-state index >= 15 is 0 Å². The second kappa shape index (κ2) is 9.74. The van der Waals surface area contributed by atoms with Gasteiger partial charge in [0.1, 0.15) is 0 Å². The van der Waals surface area contributed by atoms with Gasteiger partial charge in [-0.3, -0.25) is 0 Å². The predicted molar refractivity (Wildman–Crippen MR) is 101 cm³/mol. The summed E-state index contributed by atoms with van der Waals surface area (Å²) in [6, 6.07) is 0. The number of hydrogen-bond donors (Lipinski definition) is 1. The molecule has 1 unspecified atom stereocenters. The fourth-order valence-electron chi connectivity index (χ4n) is 4.85. The maximum absolute atomic E-state index is 10.8. The lowest BCUT2D eigenvalue weighted by atomic mass is 9.75. The highest BCUT2D eigenvalue weighted by Crippen LogP contribution is 2.48. The molecule has 2 aliphatic carbocycles. The van der Waals surface area contributed by atoms with Gasteiger partial charge in [0.05, 0.1) is 5.76 Å². The molecule has 1 fully saturated rings. The van der Waals surface area contributed by atoms with Gasteiger partial charge in [0, 0.05) is 6.42 Å². The van der Waals surface area contributed by atoms with Crippen LogP contribution in [-0.4, -0.2) is 5.11 Å². The topological polar surface area (TPSA) is 20.2 Å². The van der Waals surface area contributed by atoms with Crippen molar-refractivity contribution in [2.24, 2.45) is 11.3 Å². The van der Waals surface area contributed by atoms with E-state index in [1.54, 1.807) is 0 Å². The third-order valence-electron chi connectivity index (χ3n) is 6.41. The van der Waals surface area contributed by atoms with Crippen molar-refractivity contribution in [2.75, 3.05) is 0 Å². The summed E-state index contributed by atoms with van der Waals surface area (Å²) >= 11 is 0. The molecule has 1 N–H and O–H groups in total. The lowest BCUT2D eigenvalue weighted by Gasteiger charge is -2.30. The molecule has 134 valence electrons. The third kappa shape index (κ3) is 6.16. The van der Waals surface area contributed by atoms with E-state index in [-0.39, 0.29) is 0 Å². The highest BCUT2D eigenvalue weighted by Gasteiger charge is 2.37. The monoisotopic (exact) mass is 320 g/mol. The van der Waals surface area contributed by atoms with Gasteiger partial charge in [-0.1, -0.05) is 78.1 Å². The quantitative estimate of drug-likeness (QED) is 0.524. The van der Waals surface area contributed by atoms with Gasteiger partial charge in [0.25, 0.3) is 0 Å². The number of aliphatic hydroxyl groups is 1.